The summed E-state index contributed by atoms with van der Waals surface area (Å²) in [5, 5.41) is 0. The minimum atomic E-state index is -4.22. The van der Waals surface area contributed by atoms with Gasteiger partial charge in [0, 0.05) is 30.3 Å². The van der Waals surface area contributed by atoms with E-state index in [0.717, 1.165) is 5.56 Å². The molecule has 0 bridgehead atoms. The number of nitrogens with two attached hydrogens (primary N) is 2. The monoisotopic (exact) mass is 562 g/mol. The highest BCUT2D eigenvalue weighted by Gasteiger charge is 2.26. The van der Waals surface area contributed by atoms with Crippen LogP contribution in [0.4, 0.5) is 24.5 Å². The molecule has 12 heteroatoms. The Hall–Kier alpha value is -4.55. The summed E-state index contributed by atoms with van der Waals surface area (Å²) in [5.74, 6) is -0.472. The average Bonchev–Trinajstić information content (AvgIpc) is 2.87. The van der Waals surface area contributed by atoms with Gasteiger partial charge in [0.1, 0.15) is 11.5 Å². The number of rotatable bonds is 11. The van der Waals surface area contributed by atoms with Gasteiger partial charge < -0.3 is 38.0 Å². The molecule has 3 aromatic rings. The van der Waals surface area contributed by atoms with Gasteiger partial charge in [0.15, 0.2) is 0 Å². The molecule has 0 aromatic heterocycles. The quantitative estimate of drug-likeness (QED) is 0.0724. The summed E-state index contributed by atoms with van der Waals surface area (Å²) in [6.07, 6.45) is -1.97. The Morgan fingerprint density at radius 2 is 1.50 bits per heavy atom. The first-order valence-corrected chi connectivity index (χ1v) is 11.7. The highest BCUT2D eigenvalue weighted by Crippen LogP contribution is 2.22. The van der Waals surface area contributed by atoms with E-state index in [9.17, 15) is 22.8 Å². The zero-order chi connectivity index (χ0) is 27.5. The van der Waals surface area contributed by atoms with Crippen molar-refractivity contribution >= 4 is 29.4 Å². The Morgan fingerprint density at radius 3 is 2.12 bits per heavy atom. The van der Waals surface area contributed by atoms with Crippen LogP contribution in [0.5, 0.6) is 11.5 Å². The molecule has 0 spiro atoms. The number of ether oxygens (including phenoxy) is 3. The van der Waals surface area contributed by atoms with Crippen LogP contribution in [0.3, 0.4) is 0 Å². The lowest BCUT2D eigenvalue weighted by Gasteiger charge is -2.09. The molecule has 3 rings (SSSR count). The number of anilines is 2. The molecule has 0 aliphatic heterocycles. The molecular weight excluding hydrogens is 529 g/mol. The van der Waals surface area contributed by atoms with Gasteiger partial charge in [-0.25, -0.2) is 9.59 Å². The van der Waals surface area contributed by atoms with Gasteiger partial charge in [0.2, 0.25) is 0 Å². The lowest BCUT2D eigenvalue weighted by Crippen LogP contribution is -2.10. The molecular formula is C28H33F3N4O5. The van der Waals surface area contributed by atoms with Crippen molar-refractivity contribution in [3.05, 3.63) is 89.5 Å². The lowest BCUT2D eigenvalue weighted by atomic mass is 10.1. The second-order valence-corrected chi connectivity index (χ2v) is 8.26. The van der Waals surface area contributed by atoms with Gasteiger partial charge in [-0.05, 0) is 72.2 Å². The van der Waals surface area contributed by atoms with Crippen LogP contribution in [0.2, 0.25) is 0 Å². The minimum Gasteiger partial charge on any atom is -0.494 e. The number of hydrogen-bond acceptors (Lipinski definition) is 9. The van der Waals surface area contributed by atoms with Gasteiger partial charge in [-0.15, -0.1) is 0 Å². The number of carbonyl (C=O) groups excluding carboxylic acids is 2. The van der Waals surface area contributed by atoms with Crippen molar-refractivity contribution in [3.8, 4) is 11.5 Å². The predicted molar refractivity (Wildman–Crippen MR) is 148 cm³/mol. The molecule has 0 aliphatic rings. The summed E-state index contributed by atoms with van der Waals surface area (Å²) in [6, 6.07) is 17.6. The van der Waals surface area contributed by atoms with E-state index in [1.165, 1.54) is 30.3 Å². The summed E-state index contributed by atoms with van der Waals surface area (Å²) in [6.45, 7) is 0.0813. The molecule has 0 unspecified atom stereocenters. The molecule has 0 amide bonds. The summed E-state index contributed by atoms with van der Waals surface area (Å²) >= 11 is 0. The maximum atomic E-state index is 12.4. The van der Waals surface area contributed by atoms with Crippen LogP contribution < -0.4 is 33.2 Å². The Kier molecular flexibility index (Phi) is 13.2. The van der Waals surface area contributed by atoms with Crippen LogP contribution in [-0.2, 0) is 16.0 Å². The van der Waals surface area contributed by atoms with Gasteiger partial charge in [-0.1, -0.05) is 18.2 Å². The molecule has 9 nitrogen and oxygen atoms in total. The molecule has 0 heterocycles. The maximum absolute atomic E-state index is 12.4. The first kappa shape index (κ1) is 33.5. The minimum absolute atomic E-state index is 0. The van der Waals surface area contributed by atoms with Crippen molar-refractivity contribution < 1.29 is 37.0 Å². The van der Waals surface area contributed by atoms with E-state index in [4.69, 9.17) is 25.7 Å². The molecule has 3 aromatic carbocycles. The zero-order valence-electron chi connectivity index (χ0n) is 21.8. The fourth-order valence-corrected chi connectivity index (χ4v) is 3.28. The number of hydrogen-bond donors (Lipinski definition) is 4. The molecule has 0 fully saturated rings. The molecule has 0 atom stereocenters. The van der Waals surface area contributed by atoms with E-state index >= 15 is 0 Å². The van der Waals surface area contributed by atoms with E-state index in [1.807, 2.05) is 0 Å². The topological polar surface area (TPSA) is 184 Å². The SMILES string of the molecule is N.N.Nc1ccc(CCOC(=O)/C=C/c2ccc(OC(=O)c3ccc(OCCCC(F)(F)F)cc3)cc2)c(N)c1. The molecule has 40 heavy (non-hydrogen) atoms. The molecule has 0 saturated carbocycles. The Labute approximate surface area is 230 Å². The van der Waals surface area contributed by atoms with Crippen molar-refractivity contribution in [3.63, 3.8) is 0 Å². The van der Waals surface area contributed by atoms with Crippen LogP contribution in [0.25, 0.3) is 6.08 Å². The largest absolute Gasteiger partial charge is 0.494 e. The third-order valence-corrected chi connectivity index (χ3v) is 5.25. The highest BCUT2D eigenvalue weighted by molar-refractivity contribution is 5.91. The number of benzene rings is 3. The fraction of sp³-hybridized carbons (Fsp3) is 0.214. The van der Waals surface area contributed by atoms with Crippen molar-refractivity contribution in [1.29, 1.82) is 0 Å². The van der Waals surface area contributed by atoms with Crippen molar-refractivity contribution in [2.24, 2.45) is 0 Å². The van der Waals surface area contributed by atoms with Gasteiger partial charge in [0.25, 0.3) is 0 Å². The Morgan fingerprint density at radius 1 is 0.850 bits per heavy atom. The van der Waals surface area contributed by atoms with Crippen molar-refractivity contribution in [2.75, 3.05) is 24.7 Å². The van der Waals surface area contributed by atoms with E-state index in [2.05, 4.69) is 0 Å². The van der Waals surface area contributed by atoms with Gasteiger partial charge in [-0.3, -0.25) is 0 Å². The van der Waals surface area contributed by atoms with E-state index in [1.54, 1.807) is 48.5 Å². The zero-order valence-corrected chi connectivity index (χ0v) is 21.8. The first-order valence-electron chi connectivity index (χ1n) is 11.7. The van der Waals surface area contributed by atoms with Crippen LogP contribution in [0, 0.1) is 0 Å². The predicted octanol–water partition coefficient (Wildman–Crippen LogP) is 5.91. The van der Waals surface area contributed by atoms with Gasteiger partial charge in [0.05, 0.1) is 18.8 Å². The molecule has 0 aliphatic carbocycles. The third-order valence-electron chi connectivity index (χ3n) is 5.25. The average molecular weight is 563 g/mol. The van der Waals surface area contributed by atoms with E-state index < -0.39 is 24.5 Å². The fourth-order valence-electron chi connectivity index (χ4n) is 3.28. The standard InChI is InChI=1S/C28H27F3N2O5.2H3N/c29-28(30,31)15-1-16-36-23-11-6-21(7-12-23)27(35)38-24-9-2-19(3-10-24)4-13-26(34)37-17-14-20-5-8-22(32)18-25(20)33;;/h2-13,18H,1,14-17,32-33H2;2*1H3/b13-4+;;. The number of carbonyl (C=O) groups is 2. The molecule has 0 saturated heterocycles. The number of nitrogen functional groups attached to an aromatic ring is 2. The normalized spacial score (nSPS) is 10.8. The summed E-state index contributed by atoms with van der Waals surface area (Å²) in [4.78, 5) is 24.3. The number of halogens is 3. The Bertz CT molecular complexity index is 1260. The first-order chi connectivity index (χ1) is 18.1. The van der Waals surface area contributed by atoms with Gasteiger partial charge in [-0.2, -0.15) is 13.2 Å². The number of alkyl halides is 3. The number of esters is 2. The van der Waals surface area contributed by atoms with Crippen LogP contribution in [0.1, 0.15) is 34.3 Å². The van der Waals surface area contributed by atoms with Gasteiger partial charge >= 0.3 is 18.1 Å². The van der Waals surface area contributed by atoms with Crippen LogP contribution in [0.15, 0.2) is 72.8 Å². The third kappa shape index (κ3) is 11.5. The van der Waals surface area contributed by atoms with E-state index in [0.29, 0.717) is 34.9 Å². The van der Waals surface area contributed by atoms with Crippen LogP contribution in [-0.4, -0.2) is 31.3 Å². The lowest BCUT2D eigenvalue weighted by molar-refractivity contribution is -0.138. The maximum Gasteiger partial charge on any atom is 0.389 e. The van der Waals surface area contributed by atoms with Crippen molar-refractivity contribution in [2.45, 2.75) is 25.4 Å². The molecule has 216 valence electrons. The summed E-state index contributed by atoms with van der Waals surface area (Å²) in [5.41, 5.74) is 14.4. The molecule has 0 radical (unpaired) electrons. The highest BCUT2D eigenvalue weighted by atomic mass is 19.4. The summed E-state index contributed by atoms with van der Waals surface area (Å²) < 4.78 is 52.3. The molecule has 10 N–H and O–H groups in total. The smallest absolute Gasteiger partial charge is 0.389 e. The second-order valence-electron chi connectivity index (χ2n) is 8.26. The Balaban J connectivity index is 0.00000400. The van der Waals surface area contributed by atoms with Crippen LogP contribution >= 0.6 is 0 Å². The van der Waals surface area contributed by atoms with Crippen molar-refractivity contribution in [1.82, 2.24) is 12.3 Å². The second kappa shape index (κ2) is 15.8. The summed E-state index contributed by atoms with van der Waals surface area (Å²) in [7, 11) is 0. The van der Waals surface area contributed by atoms with E-state index in [-0.39, 0.29) is 37.5 Å².